The zero-order valence-corrected chi connectivity index (χ0v) is 16.7. The number of aromatic nitrogens is 1. The first-order chi connectivity index (χ1) is 12.3. The minimum absolute atomic E-state index is 0.0893. The Labute approximate surface area is 163 Å². The smallest absolute Gasteiger partial charge is 0.234 e. The second kappa shape index (κ2) is 9.45. The van der Waals surface area contributed by atoms with Crippen LogP contribution in [0, 0.1) is 0 Å². The summed E-state index contributed by atoms with van der Waals surface area (Å²) >= 11 is 6.37. The molecule has 5 nitrogen and oxygen atoms in total. The van der Waals surface area contributed by atoms with Gasteiger partial charge >= 0.3 is 0 Å². The van der Waals surface area contributed by atoms with Gasteiger partial charge in [-0.15, -0.1) is 0 Å². The van der Waals surface area contributed by atoms with E-state index >= 15 is 0 Å². The molecule has 0 saturated heterocycles. The van der Waals surface area contributed by atoms with Gasteiger partial charge in [0.2, 0.25) is 5.91 Å². The Morgan fingerprint density at radius 1 is 1.23 bits per heavy atom. The van der Waals surface area contributed by atoms with Crippen molar-refractivity contribution in [3.05, 3.63) is 59.9 Å². The summed E-state index contributed by atoms with van der Waals surface area (Å²) in [5, 5.41) is 6.87. The van der Waals surface area contributed by atoms with Crippen LogP contribution >= 0.6 is 24.0 Å². The molecule has 2 rings (SSSR count). The van der Waals surface area contributed by atoms with Crippen molar-refractivity contribution in [2.45, 2.75) is 26.2 Å². The summed E-state index contributed by atoms with van der Waals surface area (Å²) in [7, 11) is 0. The van der Waals surface area contributed by atoms with Crippen molar-refractivity contribution in [3.8, 4) is 0 Å². The van der Waals surface area contributed by atoms with Crippen LogP contribution in [0.4, 0.5) is 5.69 Å². The number of hydrogen-bond acceptors (Lipinski definition) is 5. The highest BCUT2D eigenvalue weighted by Gasteiger charge is 2.13. The Morgan fingerprint density at radius 2 is 1.96 bits per heavy atom. The second-order valence-electron chi connectivity index (χ2n) is 6.58. The Hall–Kier alpha value is -2.25. The number of anilines is 1. The molecule has 0 aliphatic carbocycles. The molecular formula is C19H22N4OS2. The molecule has 1 amide bonds. The summed E-state index contributed by atoms with van der Waals surface area (Å²) in [6, 6.07) is 13.4. The molecule has 136 valence electrons. The maximum atomic E-state index is 12.0. The van der Waals surface area contributed by atoms with Gasteiger partial charge in [0.05, 0.1) is 17.7 Å². The van der Waals surface area contributed by atoms with Gasteiger partial charge in [0.15, 0.2) is 4.32 Å². The molecular weight excluding hydrogens is 364 g/mol. The van der Waals surface area contributed by atoms with Gasteiger partial charge in [0, 0.05) is 11.9 Å². The molecule has 0 aliphatic heterocycles. The number of amides is 1. The van der Waals surface area contributed by atoms with E-state index in [9.17, 15) is 4.79 Å². The minimum atomic E-state index is -0.114. The molecule has 0 saturated carbocycles. The molecule has 1 aromatic carbocycles. The third-order valence-electron chi connectivity index (χ3n) is 3.41. The fraction of sp³-hybridized carbons (Fsp3) is 0.263. The van der Waals surface area contributed by atoms with Crippen molar-refractivity contribution in [1.29, 1.82) is 0 Å². The number of carbonyl (C=O) groups excluding carboxylic acids is 1. The molecule has 1 aromatic heterocycles. The van der Waals surface area contributed by atoms with Crippen molar-refractivity contribution in [1.82, 2.24) is 10.4 Å². The van der Waals surface area contributed by atoms with E-state index in [-0.39, 0.29) is 17.1 Å². The molecule has 0 atom stereocenters. The highest BCUT2D eigenvalue weighted by atomic mass is 32.2. The van der Waals surface area contributed by atoms with Crippen LogP contribution in [0.3, 0.4) is 0 Å². The van der Waals surface area contributed by atoms with Gasteiger partial charge in [-0.1, -0.05) is 63.0 Å². The summed E-state index contributed by atoms with van der Waals surface area (Å²) in [6.07, 6.45) is 3.26. The number of pyridine rings is 1. The summed E-state index contributed by atoms with van der Waals surface area (Å²) in [5.41, 5.74) is 5.53. The van der Waals surface area contributed by atoms with Crippen molar-refractivity contribution >= 4 is 46.1 Å². The molecule has 0 spiro atoms. The van der Waals surface area contributed by atoms with E-state index in [1.165, 1.54) is 17.3 Å². The van der Waals surface area contributed by atoms with Crippen molar-refractivity contribution < 1.29 is 4.79 Å². The number of carbonyl (C=O) groups is 1. The van der Waals surface area contributed by atoms with Gasteiger partial charge in [0.1, 0.15) is 0 Å². The van der Waals surface area contributed by atoms with Crippen LogP contribution < -0.4 is 10.7 Å². The molecule has 1 heterocycles. The number of nitrogens with one attached hydrogen (secondary N) is 2. The quantitative estimate of drug-likeness (QED) is 0.463. The van der Waals surface area contributed by atoms with Crippen LogP contribution in [-0.4, -0.2) is 27.2 Å². The van der Waals surface area contributed by atoms with Gasteiger partial charge in [-0.25, -0.2) is 0 Å². The number of rotatable bonds is 5. The van der Waals surface area contributed by atoms with Crippen LogP contribution in [0.2, 0.25) is 0 Å². The summed E-state index contributed by atoms with van der Waals surface area (Å²) in [4.78, 5) is 16.1. The highest BCUT2D eigenvalue weighted by Crippen LogP contribution is 2.23. The Kier molecular flexibility index (Phi) is 7.29. The Balaban J connectivity index is 1.74. The van der Waals surface area contributed by atoms with E-state index in [1.54, 1.807) is 12.4 Å². The van der Waals surface area contributed by atoms with E-state index in [4.69, 9.17) is 12.2 Å². The number of hydrazone groups is 1. The lowest BCUT2D eigenvalue weighted by molar-refractivity contribution is -0.113. The van der Waals surface area contributed by atoms with Crippen molar-refractivity contribution in [2.75, 3.05) is 11.1 Å². The highest BCUT2D eigenvalue weighted by molar-refractivity contribution is 8.23. The van der Waals surface area contributed by atoms with E-state index in [2.05, 4.69) is 41.6 Å². The third kappa shape index (κ3) is 6.93. The minimum Gasteiger partial charge on any atom is -0.325 e. The fourth-order valence-corrected chi connectivity index (χ4v) is 2.70. The first kappa shape index (κ1) is 20.1. The van der Waals surface area contributed by atoms with E-state index < -0.39 is 0 Å². The molecule has 0 fully saturated rings. The predicted molar refractivity (Wildman–Crippen MR) is 114 cm³/mol. The zero-order valence-electron chi connectivity index (χ0n) is 15.0. The number of benzene rings is 1. The molecule has 0 radical (unpaired) electrons. The topological polar surface area (TPSA) is 66.4 Å². The van der Waals surface area contributed by atoms with E-state index in [0.717, 1.165) is 11.4 Å². The monoisotopic (exact) mass is 386 g/mol. The standard InChI is InChI=1S/C19H22N4OS2/c1-19(2,3)14-7-9-15(10-8-14)22-17(24)13-26-18(25)23-21-12-16-6-4-5-11-20-16/h4-12H,13H2,1-3H3,(H,22,24)(H,23,25)/b21-12+. The first-order valence-corrected chi connectivity index (χ1v) is 9.51. The van der Waals surface area contributed by atoms with E-state index in [0.29, 0.717) is 4.32 Å². The lowest BCUT2D eigenvalue weighted by Crippen LogP contribution is -2.19. The number of thiocarbonyl (C=S) groups is 1. The largest absolute Gasteiger partial charge is 0.325 e. The van der Waals surface area contributed by atoms with Gasteiger partial charge in [0.25, 0.3) is 0 Å². The van der Waals surface area contributed by atoms with Crippen LogP contribution in [0.5, 0.6) is 0 Å². The lowest BCUT2D eigenvalue weighted by Gasteiger charge is -2.19. The first-order valence-electron chi connectivity index (χ1n) is 8.12. The van der Waals surface area contributed by atoms with Crippen molar-refractivity contribution in [3.63, 3.8) is 0 Å². The Bertz CT molecular complexity index is 768. The zero-order chi connectivity index (χ0) is 19.0. The SMILES string of the molecule is CC(C)(C)c1ccc(NC(=O)CSC(=S)N/N=C/c2ccccn2)cc1. The summed E-state index contributed by atoms with van der Waals surface area (Å²) < 4.78 is 0.426. The number of hydrogen-bond donors (Lipinski definition) is 2. The maximum absolute atomic E-state index is 12.0. The van der Waals surface area contributed by atoms with Crippen LogP contribution in [-0.2, 0) is 10.2 Å². The van der Waals surface area contributed by atoms with Crippen LogP contribution in [0.25, 0.3) is 0 Å². The fourth-order valence-electron chi connectivity index (χ4n) is 2.02. The van der Waals surface area contributed by atoms with Gasteiger partial charge in [-0.2, -0.15) is 5.10 Å². The van der Waals surface area contributed by atoms with E-state index in [1.807, 2.05) is 42.5 Å². The second-order valence-corrected chi connectivity index (χ2v) is 8.23. The maximum Gasteiger partial charge on any atom is 0.234 e. The summed E-state index contributed by atoms with van der Waals surface area (Å²) in [5.74, 6) is 0.0998. The average molecular weight is 387 g/mol. The lowest BCUT2D eigenvalue weighted by atomic mass is 9.87. The van der Waals surface area contributed by atoms with Crippen LogP contribution in [0.1, 0.15) is 32.0 Å². The normalized spacial score (nSPS) is 11.3. The molecule has 0 aliphatic rings. The van der Waals surface area contributed by atoms with Gasteiger partial charge < -0.3 is 5.32 Å². The molecule has 2 aromatic rings. The van der Waals surface area contributed by atoms with Gasteiger partial charge in [-0.3, -0.25) is 15.2 Å². The van der Waals surface area contributed by atoms with Gasteiger partial charge in [-0.05, 0) is 35.2 Å². The number of thioether (sulfide) groups is 1. The summed E-state index contributed by atoms with van der Waals surface area (Å²) in [6.45, 7) is 6.46. The molecule has 0 bridgehead atoms. The molecule has 0 unspecified atom stereocenters. The van der Waals surface area contributed by atoms with Crippen molar-refractivity contribution in [2.24, 2.45) is 5.10 Å². The average Bonchev–Trinajstić information content (AvgIpc) is 2.60. The predicted octanol–water partition coefficient (Wildman–Crippen LogP) is 3.96. The third-order valence-corrected chi connectivity index (χ3v) is 4.61. The Morgan fingerprint density at radius 3 is 2.58 bits per heavy atom. The molecule has 7 heteroatoms. The van der Waals surface area contributed by atoms with Crippen LogP contribution in [0.15, 0.2) is 53.8 Å². The molecule has 2 N–H and O–H groups in total. The number of nitrogens with zero attached hydrogens (tertiary/aromatic N) is 2. The molecule has 26 heavy (non-hydrogen) atoms.